The van der Waals surface area contributed by atoms with Crippen molar-refractivity contribution >= 4 is 18.0 Å². The molecule has 1 aromatic rings. The third-order valence-corrected chi connectivity index (χ3v) is 2.65. The Kier molecular flexibility index (Phi) is 4.98. The highest BCUT2D eigenvalue weighted by Gasteiger charge is 2.08. The van der Waals surface area contributed by atoms with E-state index in [0.717, 1.165) is 16.9 Å². The summed E-state index contributed by atoms with van der Waals surface area (Å²) in [6.45, 7) is 3.77. The van der Waals surface area contributed by atoms with Crippen LogP contribution in [0.15, 0.2) is 46.9 Å². The molecule has 0 heterocycles. The van der Waals surface area contributed by atoms with E-state index in [-0.39, 0.29) is 5.97 Å². The minimum Gasteiger partial charge on any atom is -0.383 e. The molecule has 0 saturated carbocycles. The Morgan fingerprint density at radius 2 is 2.07 bits per heavy atom. The van der Waals surface area contributed by atoms with E-state index in [9.17, 15) is 4.79 Å². The first-order valence-electron chi connectivity index (χ1n) is 4.87. The molecule has 0 aromatic heterocycles. The monoisotopic (exact) mass is 222 g/mol. The molecular weight excluding hydrogens is 208 g/mol. The zero-order chi connectivity index (χ0) is 11.1. The van der Waals surface area contributed by atoms with Gasteiger partial charge in [-0.25, -0.2) is 4.79 Å². The normalized spacial score (nSPS) is 11.2. The van der Waals surface area contributed by atoms with Crippen LogP contribution < -0.4 is 0 Å². The van der Waals surface area contributed by atoms with Crippen LogP contribution in [0.3, 0.4) is 0 Å². The minimum absolute atomic E-state index is 0.256. The molecule has 80 valence electrons. The SMILES string of the molecule is CC=C(CC)C(=O)OSc1ccccc1. The summed E-state index contributed by atoms with van der Waals surface area (Å²) < 4.78 is 5.08. The van der Waals surface area contributed by atoms with Crippen LogP contribution in [0.5, 0.6) is 0 Å². The van der Waals surface area contributed by atoms with Crippen molar-refractivity contribution in [2.45, 2.75) is 25.2 Å². The average Bonchev–Trinajstić information content (AvgIpc) is 2.29. The van der Waals surface area contributed by atoms with Gasteiger partial charge in [0.15, 0.2) is 0 Å². The number of allylic oxidation sites excluding steroid dienone is 1. The second-order valence-corrected chi connectivity index (χ2v) is 3.74. The summed E-state index contributed by atoms with van der Waals surface area (Å²) in [6, 6.07) is 9.55. The van der Waals surface area contributed by atoms with Crippen molar-refractivity contribution in [3.63, 3.8) is 0 Å². The first-order valence-corrected chi connectivity index (χ1v) is 5.61. The molecule has 0 unspecified atom stereocenters. The zero-order valence-electron chi connectivity index (χ0n) is 8.90. The summed E-state index contributed by atoms with van der Waals surface area (Å²) in [4.78, 5) is 12.4. The molecular formula is C12H14O2S. The lowest BCUT2D eigenvalue weighted by Crippen LogP contribution is -2.02. The highest BCUT2D eigenvalue weighted by molar-refractivity contribution is 7.95. The van der Waals surface area contributed by atoms with Crippen molar-refractivity contribution in [2.24, 2.45) is 0 Å². The Morgan fingerprint density at radius 1 is 1.40 bits per heavy atom. The summed E-state index contributed by atoms with van der Waals surface area (Å²) in [5.41, 5.74) is 0.707. The van der Waals surface area contributed by atoms with Gasteiger partial charge in [0.2, 0.25) is 0 Å². The lowest BCUT2D eigenvalue weighted by molar-refractivity contribution is -0.129. The fraction of sp³-hybridized carbons (Fsp3) is 0.250. The number of hydrogen-bond donors (Lipinski definition) is 0. The molecule has 2 nitrogen and oxygen atoms in total. The number of hydrogen-bond acceptors (Lipinski definition) is 3. The maximum absolute atomic E-state index is 11.5. The summed E-state index contributed by atoms with van der Waals surface area (Å²) >= 11 is 1.10. The van der Waals surface area contributed by atoms with Gasteiger partial charge in [0, 0.05) is 10.5 Å². The maximum atomic E-state index is 11.5. The Bertz CT molecular complexity index is 344. The molecule has 3 heteroatoms. The first kappa shape index (κ1) is 11.9. The van der Waals surface area contributed by atoms with Gasteiger partial charge in [-0.1, -0.05) is 31.2 Å². The van der Waals surface area contributed by atoms with E-state index >= 15 is 0 Å². The molecule has 0 saturated heterocycles. The molecule has 0 fully saturated rings. The topological polar surface area (TPSA) is 26.3 Å². The van der Waals surface area contributed by atoms with Crippen molar-refractivity contribution in [1.29, 1.82) is 0 Å². The van der Waals surface area contributed by atoms with Gasteiger partial charge >= 0.3 is 5.97 Å². The lowest BCUT2D eigenvalue weighted by atomic mass is 10.2. The molecule has 0 aliphatic carbocycles. The highest BCUT2D eigenvalue weighted by atomic mass is 32.2. The molecule has 0 aliphatic heterocycles. The van der Waals surface area contributed by atoms with Gasteiger partial charge in [-0.15, -0.1) is 0 Å². The van der Waals surface area contributed by atoms with Gasteiger partial charge in [0.25, 0.3) is 0 Å². The van der Waals surface area contributed by atoms with E-state index in [1.54, 1.807) is 6.08 Å². The minimum atomic E-state index is -0.256. The second-order valence-electron chi connectivity index (χ2n) is 2.93. The molecule has 0 radical (unpaired) electrons. The van der Waals surface area contributed by atoms with Crippen LogP contribution in [0, 0.1) is 0 Å². The van der Waals surface area contributed by atoms with Crippen molar-refractivity contribution in [2.75, 3.05) is 0 Å². The zero-order valence-corrected chi connectivity index (χ0v) is 9.71. The van der Waals surface area contributed by atoms with E-state index in [1.165, 1.54) is 0 Å². The Morgan fingerprint density at radius 3 is 2.60 bits per heavy atom. The standard InChI is InChI=1S/C12H14O2S/c1-3-10(4-2)12(13)14-15-11-8-6-5-7-9-11/h3,5-9H,4H2,1-2H3. The third kappa shape index (κ3) is 3.80. The second kappa shape index (κ2) is 6.30. The predicted octanol–water partition coefficient (Wildman–Crippen LogP) is 3.59. The van der Waals surface area contributed by atoms with E-state index in [4.69, 9.17) is 4.18 Å². The van der Waals surface area contributed by atoms with E-state index in [0.29, 0.717) is 12.0 Å². The molecule has 0 amide bonds. The molecule has 15 heavy (non-hydrogen) atoms. The maximum Gasteiger partial charge on any atom is 0.346 e. The fourth-order valence-electron chi connectivity index (χ4n) is 1.08. The largest absolute Gasteiger partial charge is 0.383 e. The number of carbonyl (C=O) groups excluding carboxylic acids is 1. The summed E-state index contributed by atoms with van der Waals surface area (Å²) in [7, 11) is 0. The van der Waals surface area contributed by atoms with Crippen molar-refractivity contribution < 1.29 is 8.98 Å². The van der Waals surface area contributed by atoms with Crippen LogP contribution in [0.25, 0.3) is 0 Å². The van der Waals surface area contributed by atoms with Crippen LogP contribution in [-0.4, -0.2) is 5.97 Å². The van der Waals surface area contributed by atoms with Crippen LogP contribution >= 0.6 is 12.0 Å². The van der Waals surface area contributed by atoms with Gasteiger partial charge in [-0.05, 0) is 25.5 Å². The Balaban J connectivity index is 2.48. The van der Waals surface area contributed by atoms with Gasteiger partial charge in [0.1, 0.15) is 0 Å². The number of rotatable bonds is 4. The van der Waals surface area contributed by atoms with Crippen molar-refractivity contribution in [1.82, 2.24) is 0 Å². The third-order valence-electron chi connectivity index (χ3n) is 1.95. The van der Waals surface area contributed by atoms with Gasteiger partial charge in [0.05, 0.1) is 12.0 Å². The smallest absolute Gasteiger partial charge is 0.346 e. The predicted molar refractivity (Wildman–Crippen MR) is 62.4 cm³/mol. The molecule has 0 N–H and O–H groups in total. The number of benzene rings is 1. The summed E-state index contributed by atoms with van der Waals surface area (Å²) in [5.74, 6) is -0.256. The van der Waals surface area contributed by atoms with Gasteiger partial charge in [-0.3, -0.25) is 0 Å². The van der Waals surface area contributed by atoms with Crippen LogP contribution in [0.2, 0.25) is 0 Å². The first-order chi connectivity index (χ1) is 7.27. The Hall–Kier alpha value is -1.22. The van der Waals surface area contributed by atoms with E-state index < -0.39 is 0 Å². The lowest BCUT2D eigenvalue weighted by Gasteiger charge is -2.03. The Labute approximate surface area is 94.5 Å². The summed E-state index contributed by atoms with van der Waals surface area (Å²) in [5, 5.41) is 0. The summed E-state index contributed by atoms with van der Waals surface area (Å²) in [6.07, 6.45) is 2.48. The molecule has 1 rings (SSSR count). The number of carbonyl (C=O) groups is 1. The molecule has 0 bridgehead atoms. The van der Waals surface area contributed by atoms with Crippen molar-refractivity contribution in [3.05, 3.63) is 42.0 Å². The molecule has 1 aromatic carbocycles. The van der Waals surface area contributed by atoms with Gasteiger partial charge in [-0.2, -0.15) is 0 Å². The molecule has 0 aliphatic rings. The van der Waals surface area contributed by atoms with Crippen molar-refractivity contribution in [3.8, 4) is 0 Å². The fourth-order valence-corrected chi connectivity index (χ4v) is 1.63. The van der Waals surface area contributed by atoms with Crippen LogP contribution in [0.1, 0.15) is 20.3 Å². The quantitative estimate of drug-likeness (QED) is 0.575. The molecule has 0 spiro atoms. The van der Waals surface area contributed by atoms with Crippen LogP contribution in [0.4, 0.5) is 0 Å². The van der Waals surface area contributed by atoms with Gasteiger partial charge < -0.3 is 4.18 Å². The van der Waals surface area contributed by atoms with E-state index in [1.807, 2.05) is 44.2 Å². The van der Waals surface area contributed by atoms with Crippen LogP contribution in [-0.2, 0) is 8.98 Å². The average molecular weight is 222 g/mol. The molecule has 0 atom stereocenters. The van der Waals surface area contributed by atoms with E-state index in [2.05, 4.69) is 0 Å². The highest BCUT2D eigenvalue weighted by Crippen LogP contribution is 2.20.